The zero-order valence-corrected chi connectivity index (χ0v) is 12.5. The molecule has 0 aromatic carbocycles. The van der Waals surface area contributed by atoms with Crippen LogP contribution in [-0.2, 0) is 23.8 Å². The van der Waals surface area contributed by atoms with Gasteiger partial charge in [-0.1, -0.05) is 0 Å². The Labute approximate surface area is 127 Å². The van der Waals surface area contributed by atoms with E-state index in [0.29, 0.717) is 0 Å². The Morgan fingerprint density at radius 1 is 1.14 bits per heavy atom. The lowest BCUT2D eigenvalue weighted by Crippen LogP contribution is -2.19. The van der Waals surface area contributed by atoms with Crippen molar-refractivity contribution in [1.82, 2.24) is 0 Å². The van der Waals surface area contributed by atoms with Crippen LogP contribution < -0.4 is 5.32 Å². The van der Waals surface area contributed by atoms with Gasteiger partial charge in [-0.2, -0.15) is 0 Å². The van der Waals surface area contributed by atoms with Crippen LogP contribution in [0.15, 0.2) is 28.3 Å². The second kappa shape index (κ2) is 8.50. The van der Waals surface area contributed by atoms with Crippen LogP contribution in [-0.4, -0.2) is 38.2 Å². The average Bonchev–Trinajstić information content (AvgIpc) is 2.96. The zero-order valence-electron chi connectivity index (χ0n) is 12.5. The van der Waals surface area contributed by atoms with Gasteiger partial charge in [-0.05, 0) is 19.9 Å². The number of hydrogen-bond donors (Lipinski definition) is 1. The highest BCUT2D eigenvalue weighted by atomic mass is 16.6. The van der Waals surface area contributed by atoms with Crippen LogP contribution in [0.25, 0.3) is 0 Å². The van der Waals surface area contributed by atoms with Crippen molar-refractivity contribution in [1.29, 1.82) is 0 Å². The minimum absolute atomic E-state index is 0.0211. The molecule has 120 valence electrons. The van der Waals surface area contributed by atoms with Crippen molar-refractivity contribution in [3.8, 4) is 0 Å². The third-order valence-corrected chi connectivity index (χ3v) is 2.34. The molecule has 0 aliphatic carbocycles. The lowest BCUT2D eigenvalue weighted by atomic mass is 10.3. The number of anilines is 1. The second-order valence-corrected chi connectivity index (χ2v) is 3.80. The summed E-state index contributed by atoms with van der Waals surface area (Å²) in [7, 11) is 1.22. The van der Waals surface area contributed by atoms with Crippen molar-refractivity contribution in [3.05, 3.63) is 29.7 Å². The van der Waals surface area contributed by atoms with E-state index < -0.39 is 17.9 Å². The summed E-state index contributed by atoms with van der Waals surface area (Å²) < 4.78 is 19.2. The van der Waals surface area contributed by atoms with Crippen LogP contribution in [0.3, 0.4) is 0 Å². The van der Waals surface area contributed by atoms with Gasteiger partial charge in [0.15, 0.2) is 11.5 Å². The molecular weight excluding hydrogens is 294 g/mol. The van der Waals surface area contributed by atoms with Crippen LogP contribution in [0.2, 0.25) is 0 Å². The normalized spacial score (nSPS) is 9.59. The van der Waals surface area contributed by atoms with E-state index in [4.69, 9.17) is 13.9 Å². The number of rotatable bonds is 7. The molecule has 0 aliphatic heterocycles. The van der Waals surface area contributed by atoms with Gasteiger partial charge in [-0.15, -0.1) is 0 Å². The predicted molar refractivity (Wildman–Crippen MR) is 75.0 cm³/mol. The fourth-order valence-electron chi connectivity index (χ4n) is 1.39. The number of esters is 3. The smallest absolute Gasteiger partial charge is 0.374 e. The Morgan fingerprint density at radius 2 is 1.73 bits per heavy atom. The van der Waals surface area contributed by atoms with Crippen LogP contribution in [0.4, 0.5) is 5.88 Å². The maximum absolute atomic E-state index is 11.7. The van der Waals surface area contributed by atoms with Gasteiger partial charge in [-0.3, -0.25) is 0 Å². The zero-order chi connectivity index (χ0) is 16.5. The van der Waals surface area contributed by atoms with E-state index in [0.717, 1.165) is 6.20 Å². The van der Waals surface area contributed by atoms with Gasteiger partial charge in [0, 0.05) is 12.3 Å². The first kappa shape index (κ1) is 17.3. The topological polar surface area (TPSA) is 104 Å². The Balaban J connectivity index is 2.88. The Bertz CT molecular complexity index is 554. The van der Waals surface area contributed by atoms with Gasteiger partial charge in [-0.25, -0.2) is 14.4 Å². The van der Waals surface area contributed by atoms with E-state index >= 15 is 0 Å². The van der Waals surface area contributed by atoms with Gasteiger partial charge in [0.2, 0.25) is 5.76 Å². The standard InChI is InChI=1S/C14H17NO7/c1-4-20-12(16)9(13(17)21-5-2)8-15-11-7-6-10(22-11)14(18)19-3/h6-8,15H,4-5H2,1-3H3. The van der Waals surface area contributed by atoms with Crippen molar-refractivity contribution in [3.63, 3.8) is 0 Å². The molecule has 0 radical (unpaired) electrons. The number of methoxy groups -OCH3 is 1. The summed E-state index contributed by atoms with van der Waals surface area (Å²) in [6.07, 6.45) is 1.09. The lowest BCUT2D eigenvalue weighted by molar-refractivity contribution is -0.146. The minimum Gasteiger partial charge on any atom is -0.463 e. The molecule has 0 bridgehead atoms. The maximum atomic E-state index is 11.7. The summed E-state index contributed by atoms with van der Waals surface area (Å²) in [5.41, 5.74) is -0.320. The third-order valence-electron chi connectivity index (χ3n) is 2.34. The van der Waals surface area contributed by atoms with Gasteiger partial charge < -0.3 is 23.9 Å². The molecule has 1 heterocycles. The molecule has 8 heteroatoms. The maximum Gasteiger partial charge on any atom is 0.374 e. The first-order valence-corrected chi connectivity index (χ1v) is 6.52. The highest BCUT2D eigenvalue weighted by Gasteiger charge is 2.21. The fraction of sp³-hybridized carbons (Fsp3) is 0.357. The van der Waals surface area contributed by atoms with Crippen molar-refractivity contribution in [2.75, 3.05) is 25.6 Å². The number of hydrogen-bond acceptors (Lipinski definition) is 8. The van der Waals surface area contributed by atoms with Crippen LogP contribution in [0.1, 0.15) is 24.4 Å². The Morgan fingerprint density at radius 3 is 2.23 bits per heavy atom. The summed E-state index contributed by atoms with van der Waals surface area (Å²) in [6, 6.07) is 2.83. The Hall–Kier alpha value is -2.77. The molecule has 22 heavy (non-hydrogen) atoms. The van der Waals surface area contributed by atoms with E-state index in [9.17, 15) is 14.4 Å². The molecule has 1 N–H and O–H groups in total. The van der Waals surface area contributed by atoms with Crippen LogP contribution in [0, 0.1) is 0 Å². The summed E-state index contributed by atoms with van der Waals surface area (Å²) in [4.78, 5) is 34.7. The molecule has 8 nitrogen and oxygen atoms in total. The van der Waals surface area contributed by atoms with Crippen molar-refractivity contribution in [2.45, 2.75) is 13.8 Å². The van der Waals surface area contributed by atoms with E-state index in [1.54, 1.807) is 13.8 Å². The molecule has 1 rings (SSSR count). The molecule has 0 atom stereocenters. The van der Waals surface area contributed by atoms with Crippen molar-refractivity contribution < 1.29 is 33.0 Å². The summed E-state index contributed by atoms with van der Waals surface area (Å²) in [5, 5.41) is 2.58. The first-order valence-electron chi connectivity index (χ1n) is 6.52. The second-order valence-electron chi connectivity index (χ2n) is 3.80. The summed E-state index contributed by atoms with van der Waals surface area (Å²) in [5.74, 6) is -2.17. The molecule has 0 unspecified atom stereocenters. The third kappa shape index (κ3) is 4.65. The molecule has 0 fully saturated rings. The molecular formula is C14H17NO7. The lowest BCUT2D eigenvalue weighted by Gasteiger charge is -2.06. The molecule has 1 aromatic rings. The molecule has 0 saturated heterocycles. The molecule has 0 amide bonds. The Kier molecular flexibility index (Phi) is 6.68. The molecule has 0 aliphatic rings. The molecule has 1 aromatic heterocycles. The average molecular weight is 311 g/mol. The molecule has 0 spiro atoms. The van der Waals surface area contributed by atoms with E-state index in [1.165, 1.54) is 19.2 Å². The highest BCUT2D eigenvalue weighted by Crippen LogP contribution is 2.15. The van der Waals surface area contributed by atoms with E-state index in [2.05, 4.69) is 10.1 Å². The number of furan rings is 1. The monoisotopic (exact) mass is 311 g/mol. The van der Waals surface area contributed by atoms with Gasteiger partial charge >= 0.3 is 17.9 Å². The highest BCUT2D eigenvalue weighted by molar-refractivity contribution is 6.14. The van der Waals surface area contributed by atoms with E-state index in [1.807, 2.05) is 0 Å². The molecule has 0 saturated carbocycles. The van der Waals surface area contributed by atoms with Gasteiger partial charge in [0.05, 0.1) is 20.3 Å². The predicted octanol–water partition coefficient (Wildman–Crippen LogP) is 1.49. The number of carbonyl (C=O) groups excluding carboxylic acids is 3. The minimum atomic E-state index is -0.826. The number of ether oxygens (including phenoxy) is 3. The van der Waals surface area contributed by atoms with Gasteiger partial charge in [0.1, 0.15) is 0 Å². The van der Waals surface area contributed by atoms with Crippen LogP contribution >= 0.6 is 0 Å². The number of carbonyl (C=O) groups is 3. The van der Waals surface area contributed by atoms with Crippen LogP contribution in [0.5, 0.6) is 0 Å². The fourth-order valence-corrected chi connectivity index (χ4v) is 1.39. The summed E-state index contributed by atoms with van der Waals surface area (Å²) in [6.45, 7) is 3.46. The SMILES string of the molecule is CCOC(=O)C(=CNc1ccc(C(=O)OC)o1)C(=O)OCC. The van der Waals surface area contributed by atoms with E-state index in [-0.39, 0.29) is 30.4 Å². The summed E-state index contributed by atoms with van der Waals surface area (Å²) >= 11 is 0. The number of nitrogens with one attached hydrogen (secondary N) is 1. The first-order chi connectivity index (χ1) is 10.5. The van der Waals surface area contributed by atoms with Gasteiger partial charge in [0.25, 0.3) is 0 Å². The van der Waals surface area contributed by atoms with Crippen molar-refractivity contribution in [2.24, 2.45) is 0 Å². The quantitative estimate of drug-likeness (QED) is 0.265. The van der Waals surface area contributed by atoms with Crippen molar-refractivity contribution >= 4 is 23.8 Å². The largest absolute Gasteiger partial charge is 0.463 e.